The molecule has 0 saturated carbocycles. The summed E-state index contributed by atoms with van der Waals surface area (Å²) < 4.78 is 0.663. The van der Waals surface area contributed by atoms with E-state index in [2.05, 4.69) is 51.4 Å². The molecule has 0 aliphatic carbocycles. The first-order valence-electron chi connectivity index (χ1n) is 6.63. The number of carbonyl (C=O) groups is 1. The molecular weight excluding hydrogens is 352 g/mol. The lowest BCUT2D eigenvalue weighted by Gasteiger charge is -2.09. The summed E-state index contributed by atoms with van der Waals surface area (Å²) in [5.74, 6) is -0.208. The second-order valence-corrected chi connectivity index (χ2v) is 6.05. The molecule has 0 saturated heterocycles. The largest absolute Gasteiger partial charge is 0.352 e. The molecule has 0 radical (unpaired) electrons. The first kappa shape index (κ1) is 16.0. The Hall–Kier alpha value is -1.39. The van der Waals surface area contributed by atoms with Crippen molar-refractivity contribution >= 4 is 33.4 Å². The minimum atomic E-state index is -0.208. The highest BCUT2D eigenvalue weighted by atomic mass is 79.9. The van der Waals surface area contributed by atoms with Gasteiger partial charge in [-0.3, -0.25) is 9.78 Å². The molecule has 0 atom stereocenters. The van der Waals surface area contributed by atoms with Crippen molar-refractivity contribution in [1.82, 2.24) is 10.3 Å². The van der Waals surface area contributed by atoms with E-state index in [1.807, 2.05) is 13.0 Å². The number of hydrogen-bond acceptors (Lipinski definition) is 2. The third kappa shape index (κ3) is 4.05. The molecule has 0 spiro atoms. The molecule has 5 heteroatoms. The van der Waals surface area contributed by atoms with Crippen molar-refractivity contribution in [2.75, 3.05) is 6.54 Å². The highest BCUT2D eigenvalue weighted by Crippen LogP contribution is 2.27. The van der Waals surface area contributed by atoms with Crippen molar-refractivity contribution in [3.63, 3.8) is 0 Å². The van der Waals surface area contributed by atoms with E-state index in [0.717, 1.165) is 12.1 Å². The number of rotatable bonds is 4. The fourth-order valence-corrected chi connectivity index (χ4v) is 2.58. The maximum absolute atomic E-state index is 12.1. The molecule has 3 nitrogen and oxygen atoms in total. The lowest BCUT2D eigenvalue weighted by molar-refractivity contribution is 0.0954. The van der Waals surface area contributed by atoms with Crippen LogP contribution in [0.2, 0.25) is 5.02 Å². The second-order valence-electron chi connectivity index (χ2n) is 4.88. The Morgan fingerprint density at radius 1 is 1.38 bits per heavy atom. The Bertz CT molecular complexity index is 673. The number of hydrogen-bond donors (Lipinski definition) is 1. The van der Waals surface area contributed by atoms with Crippen molar-refractivity contribution in [3.05, 3.63) is 62.3 Å². The zero-order valence-corrected chi connectivity index (χ0v) is 14.3. The summed E-state index contributed by atoms with van der Waals surface area (Å²) in [4.78, 5) is 16.3. The van der Waals surface area contributed by atoms with Crippen LogP contribution in [-0.2, 0) is 6.42 Å². The van der Waals surface area contributed by atoms with Crippen molar-refractivity contribution in [2.45, 2.75) is 20.3 Å². The fourth-order valence-electron chi connectivity index (χ4n) is 1.99. The van der Waals surface area contributed by atoms with Gasteiger partial charge in [-0.1, -0.05) is 41.4 Å². The van der Waals surface area contributed by atoms with Crippen LogP contribution in [0.4, 0.5) is 0 Å². The van der Waals surface area contributed by atoms with Gasteiger partial charge in [0, 0.05) is 12.7 Å². The Labute approximate surface area is 137 Å². The Morgan fingerprint density at radius 3 is 2.86 bits per heavy atom. The number of aromatic nitrogens is 1. The lowest BCUT2D eigenvalue weighted by Crippen LogP contribution is -2.26. The summed E-state index contributed by atoms with van der Waals surface area (Å²) in [7, 11) is 0. The van der Waals surface area contributed by atoms with Gasteiger partial charge in [0.25, 0.3) is 5.91 Å². The number of pyridine rings is 1. The normalized spacial score (nSPS) is 10.5. The maximum Gasteiger partial charge on any atom is 0.254 e. The highest BCUT2D eigenvalue weighted by Gasteiger charge is 2.14. The molecule has 0 aliphatic rings. The minimum Gasteiger partial charge on any atom is -0.352 e. The molecule has 0 bridgehead atoms. The van der Waals surface area contributed by atoms with E-state index in [1.165, 1.54) is 17.3 Å². The molecule has 1 aromatic heterocycles. The molecule has 1 N–H and O–H groups in total. The van der Waals surface area contributed by atoms with E-state index in [1.54, 1.807) is 0 Å². The molecular formula is C16H16BrClN2O. The van der Waals surface area contributed by atoms with Crippen LogP contribution in [0.15, 0.2) is 34.9 Å². The predicted molar refractivity (Wildman–Crippen MR) is 88.9 cm³/mol. The monoisotopic (exact) mass is 366 g/mol. The Kier molecular flexibility index (Phi) is 5.37. The van der Waals surface area contributed by atoms with E-state index in [4.69, 9.17) is 11.6 Å². The molecule has 0 fully saturated rings. The average Bonchev–Trinajstić information content (AvgIpc) is 2.45. The van der Waals surface area contributed by atoms with Gasteiger partial charge in [0.1, 0.15) is 0 Å². The van der Waals surface area contributed by atoms with Crippen LogP contribution < -0.4 is 5.32 Å². The van der Waals surface area contributed by atoms with E-state index < -0.39 is 0 Å². The topological polar surface area (TPSA) is 42.0 Å². The summed E-state index contributed by atoms with van der Waals surface area (Å²) in [6, 6.07) is 8.24. The van der Waals surface area contributed by atoms with E-state index in [0.29, 0.717) is 21.6 Å². The Morgan fingerprint density at radius 2 is 2.14 bits per heavy atom. The standard InChI is InChI=1S/C16H16BrClN2O/c1-10-4-3-5-12(8-10)6-7-19-16(21)13-9-20-11(2)14(17)15(13)18/h3-5,8-9H,6-7H2,1-2H3,(H,19,21). The molecule has 2 rings (SSSR count). The molecule has 110 valence electrons. The molecule has 21 heavy (non-hydrogen) atoms. The van der Waals surface area contributed by atoms with Gasteiger partial charge in [-0.05, 0) is 41.8 Å². The van der Waals surface area contributed by atoms with Gasteiger partial charge in [-0.15, -0.1) is 0 Å². The van der Waals surface area contributed by atoms with E-state index in [-0.39, 0.29) is 5.91 Å². The summed E-state index contributed by atoms with van der Waals surface area (Å²) in [5.41, 5.74) is 3.56. The first-order valence-corrected chi connectivity index (χ1v) is 7.80. The second kappa shape index (κ2) is 7.05. The van der Waals surface area contributed by atoms with Gasteiger partial charge in [-0.2, -0.15) is 0 Å². The molecule has 1 heterocycles. The van der Waals surface area contributed by atoms with Gasteiger partial charge in [0.15, 0.2) is 0 Å². The van der Waals surface area contributed by atoms with Crippen LogP contribution in [0.3, 0.4) is 0 Å². The van der Waals surface area contributed by atoms with Crippen LogP contribution in [0, 0.1) is 13.8 Å². The van der Waals surface area contributed by atoms with Gasteiger partial charge >= 0.3 is 0 Å². The molecule has 1 aromatic carbocycles. The summed E-state index contributed by atoms with van der Waals surface area (Å²) in [6.45, 7) is 4.44. The summed E-state index contributed by atoms with van der Waals surface area (Å²) in [6.07, 6.45) is 2.29. The zero-order chi connectivity index (χ0) is 15.4. The third-order valence-electron chi connectivity index (χ3n) is 3.16. The SMILES string of the molecule is Cc1cccc(CCNC(=O)c2cnc(C)c(Br)c2Cl)c1. The van der Waals surface area contributed by atoms with Crippen molar-refractivity contribution < 1.29 is 4.79 Å². The average molecular weight is 368 g/mol. The number of nitrogens with zero attached hydrogens (tertiary/aromatic N) is 1. The minimum absolute atomic E-state index is 0.208. The number of halogens is 2. The number of carbonyl (C=O) groups excluding carboxylic acids is 1. The summed E-state index contributed by atoms with van der Waals surface area (Å²) in [5, 5.41) is 3.27. The smallest absolute Gasteiger partial charge is 0.254 e. The van der Waals surface area contributed by atoms with Crippen LogP contribution in [-0.4, -0.2) is 17.4 Å². The third-order valence-corrected chi connectivity index (χ3v) is 4.75. The number of benzene rings is 1. The van der Waals surface area contributed by atoms with Crippen molar-refractivity contribution in [1.29, 1.82) is 0 Å². The molecule has 0 aliphatic heterocycles. The van der Waals surface area contributed by atoms with Gasteiger partial charge in [0.2, 0.25) is 0 Å². The van der Waals surface area contributed by atoms with Crippen LogP contribution in [0.25, 0.3) is 0 Å². The maximum atomic E-state index is 12.1. The quantitative estimate of drug-likeness (QED) is 0.884. The molecule has 1 amide bonds. The van der Waals surface area contributed by atoms with Crippen molar-refractivity contribution in [2.24, 2.45) is 0 Å². The van der Waals surface area contributed by atoms with Crippen molar-refractivity contribution in [3.8, 4) is 0 Å². The number of nitrogens with one attached hydrogen (secondary N) is 1. The van der Waals surface area contributed by atoms with Gasteiger partial charge in [-0.25, -0.2) is 0 Å². The van der Waals surface area contributed by atoms with Crippen LogP contribution in [0.5, 0.6) is 0 Å². The fraction of sp³-hybridized carbons (Fsp3) is 0.250. The zero-order valence-electron chi connectivity index (χ0n) is 11.9. The number of amides is 1. The lowest BCUT2D eigenvalue weighted by atomic mass is 10.1. The molecule has 0 unspecified atom stereocenters. The van der Waals surface area contributed by atoms with Crippen LogP contribution >= 0.6 is 27.5 Å². The van der Waals surface area contributed by atoms with Gasteiger partial charge in [0.05, 0.1) is 20.8 Å². The first-order chi connectivity index (χ1) is 9.99. The highest BCUT2D eigenvalue weighted by molar-refractivity contribution is 9.10. The van der Waals surface area contributed by atoms with E-state index >= 15 is 0 Å². The Balaban J connectivity index is 1.98. The van der Waals surface area contributed by atoms with E-state index in [9.17, 15) is 4.79 Å². The summed E-state index contributed by atoms with van der Waals surface area (Å²) >= 11 is 9.50. The van der Waals surface area contributed by atoms with Crippen LogP contribution in [0.1, 0.15) is 27.2 Å². The molecule has 2 aromatic rings. The number of aryl methyl sites for hydroxylation is 2. The predicted octanol–water partition coefficient (Wildman–Crippen LogP) is 4.09. The van der Waals surface area contributed by atoms with Gasteiger partial charge < -0.3 is 5.32 Å².